The Hall–Kier alpha value is -3.18. The number of nitrogens with one attached hydrogen (secondary N) is 2. The molecule has 1 unspecified atom stereocenters. The standard InChI is InChI=1S/C22H26FN10O9PS2/c1-32-4-9(13-15(32)18(24)27-6-26-13)16-12(23)17-11(40-16)3-29-45(36,37)42-10-2-8(5-38-43(35,44)41-17)39-21(10)33-7-28-14-19(33)30-22(25)31-20(14)34/h4,6-8,10-12,16-17,21,29H,2-3,5H2,1H3,(H,35,44)(H2,24,26,27)(H3,25,30,31,34)/p-1/t8-,10+,11+,12-,16-,17+,21+,43?/m0/s1. The highest BCUT2D eigenvalue weighted by Crippen LogP contribution is 2.49. The van der Waals surface area contributed by atoms with Crippen LogP contribution in [0.4, 0.5) is 16.2 Å². The molecule has 0 aliphatic carbocycles. The highest BCUT2D eigenvalue weighted by Gasteiger charge is 2.50. The average molecular weight is 688 g/mol. The van der Waals surface area contributed by atoms with E-state index in [1.54, 1.807) is 17.8 Å². The summed E-state index contributed by atoms with van der Waals surface area (Å²) in [5, 5.41) is 0. The van der Waals surface area contributed by atoms with E-state index in [9.17, 15) is 18.1 Å². The van der Waals surface area contributed by atoms with Gasteiger partial charge in [-0.05, 0) is 0 Å². The first kappa shape index (κ1) is 30.5. The maximum Gasteiger partial charge on any atom is 0.336 e. The third-order valence-corrected chi connectivity index (χ3v) is 10.2. The number of aromatic nitrogens is 7. The van der Waals surface area contributed by atoms with Gasteiger partial charge in [0.15, 0.2) is 29.4 Å². The molecular formula is C22H25FN10O9PS2-. The predicted octanol–water partition coefficient (Wildman–Crippen LogP) is -1.45. The number of alkyl halides is 1. The summed E-state index contributed by atoms with van der Waals surface area (Å²) >= 11 is 5.09. The van der Waals surface area contributed by atoms with Crippen LogP contribution in [0.2, 0.25) is 0 Å². The Morgan fingerprint density at radius 3 is 2.80 bits per heavy atom. The molecule has 3 aliphatic rings. The number of hydrogen-bond acceptors (Lipinski definition) is 16. The van der Waals surface area contributed by atoms with Gasteiger partial charge in [-0.25, -0.2) is 23.5 Å². The van der Waals surface area contributed by atoms with E-state index >= 15 is 4.39 Å². The maximum atomic E-state index is 16.1. The number of aryl methyl sites for hydroxylation is 1. The zero-order valence-corrected chi connectivity index (χ0v) is 25.6. The Morgan fingerprint density at radius 1 is 1.20 bits per heavy atom. The molecule has 242 valence electrons. The third kappa shape index (κ3) is 5.49. The van der Waals surface area contributed by atoms with Crippen LogP contribution in [-0.2, 0) is 51.9 Å². The number of nitrogens with zero attached hydrogens (tertiary/aromatic N) is 6. The molecule has 2 bridgehead atoms. The van der Waals surface area contributed by atoms with Crippen LogP contribution in [0, 0.1) is 0 Å². The first-order valence-corrected chi connectivity index (χ1v) is 17.3. The van der Waals surface area contributed by atoms with E-state index in [2.05, 4.69) is 29.6 Å². The van der Waals surface area contributed by atoms with Crippen LogP contribution < -0.4 is 26.6 Å². The number of halogens is 1. The maximum absolute atomic E-state index is 16.1. The monoisotopic (exact) mass is 687 g/mol. The van der Waals surface area contributed by atoms with Crippen molar-refractivity contribution in [3.05, 3.63) is 34.8 Å². The van der Waals surface area contributed by atoms with Gasteiger partial charge in [-0.15, -0.1) is 0 Å². The topological polar surface area (TPSA) is 262 Å². The fraction of sp³-hybridized carbons (Fsp3) is 0.500. The highest BCUT2D eigenvalue weighted by atomic mass is 32.5. The van der Waals surface area contributed by atoms with Crippen LogP contribution in [0.25, 0.3) is 22.2 Å². The Labute approximate surface area is 257 Å². The Bertz CT molecular complexity index is 2020. The van der Waals surface area contributed by atoms with E-state index in [0.29, 0.717) is 11.0 Å². The number of hydrogen-bond donors (Lipinski definition) is 4. The van der Waals surface area contributed by atoms with E-state index in [1.807, 2.05) is 0 Å². The molecule has 6 N–H and O–H groups in total. The normalized spacial score (nSPS) is 33.9. The minimum Gasteiger partial charge on any atom is -0.780 e. The molecule has 45 heavy (non-hydrogen) atoms. The number of rotatable bonds is 2. The molecule has 0 aromatic carbocycles. The molecule has 0 saturated carbocycles. The second-order valence-corrected chi connectivity index (χ2v) is 14.7. The molecule has 23 heteroatoms. The summed E-state index contributed by atoms with van der Waals surface area (Å²) in [5.41, 5.74) is 12.0. The molecule has 7 rings (SSSR count). The van der Waals surface area contributed by atoms with Crippen molar-refractivity contribution in [2.45, 2.75) is 49.3 Å². The molecule has 19 nitrogen and oxygen atoms in total. The van der Waals surface area contributed by atoms with Gasteiger partial charge in [0.05, 0.1) is 24.6 Å². The molecular weight excluding hydrogens is 662 g/mol. The molecule has 3 aliphatic heterocycles. The minimum absolute atomic E-state index is 0.00264. The quantitative estimate of drug-likeness (QED) is 0.176. The van der Waals surface area contributed by atoms with Crippen molar-refractivity contribution in [3.8, 4) is 0 Å². The number of nitrogen functional groups attached to an aromatic ring is 2. The molecule has 3 fully saturated rings. The second-order valence-electron chi connectivity index (χ2n) is 10.6. The Kier molecular flexibility index (Phi) is 7.43. The average Bonchev–Trinajstić information content (AvgIpc) is 3.71. The van der Waals surface area contributed by atoms with Gasteiger partial charge in [-0.2, -0.15) is 18.1 Å². The fourth-order valence-corrected chi connectivity index (χ4v) is 8.14. The first-order chi connectivity index (χ1) is 21.3. The summed E-state index contributed by atoms with van der Waals surface area (Å²) in [4.78, 5) is 44.2. The molecule has 0 radical (unpaired) electrons. The van der Waals surface area contributed by atoms with Crippen LogP contribution in [-0.4, -0.2) is 86.2 Å². The van der Waals surface area contributed by atoms with Crippen molar-refractivity contribution in [2.24, 2.45) is 7.05 Å². The number of nitrogens with two attached hydrogens (primary N) is 2. The van der Waals surface area contributed by atoms with Gasteiger partial charge in [-0.1, -0.05) is 11.8 Å². The lowest BCUT2D eigenvalue weighted by molar-refractivity contribution is -0.215. The largest absolute Gasteiger partial charge is 0.780 e. The van der Waals surface area contributed by atoms with Crippen molar-refractivity contribution in [1.29, 1.82) is 0 Å². The van der Waals surface area contributed by atoms with Gasteiger partial charge in [0.1, 0.15) is 43.0 Å². The zero-order chi connectivity index (χ0) is 31.8. The number of fused-ring (bicyclic) bond motifs is 5. The van der Waals surface area contributed by atoms with Crippen molar-refractivity contribution < 1.29 is 40.4 Å². The fourth-order valence-electron chi connectivity index (χ4n) is 5.77. The van der Waals surface area contributed by atoms with Crippen LogP contribution in [0.5, 0.6) is 0 Å². The van der Waals surface area contributed by atoms with E-state index in [-0.39, 0.29) is 34.9 Å². The number of anilines is 2. The molecule has 8 atom stereocenters. The van der Waals surface area contributed by atoms with Crippen LogP contribution in [0.3, 0.4) is 0 Å². The lowest BCUT2D eigenvalue weighted by atomic mass is 10.0. The van der Waals surface area contributed by atoms with Gasteiger partial charge < -0.3 is 39.4 Å². The summed E-state index contributed by atoms with van der Waals surface area (Å²) in [6.07, 6.45) is -5.74. The van der Waals surface area contributed by atoms with E-state index in [4.69, 9.17) is 46.0 Å². The van der Waals surface area contributed by atoms with Crippen LogP contribution in [0.15, 0.2) is 23.6 Å². The first-order valence-electron chi connectivity index (χ1n) is 13.3. The van der Waals surface area contributed by atoms with Gasteiger partial charge in [0.25, 0.3) is 5.56 Å². The lowest BCUT2D eigenvalue weighted by Gasteiger charge is -2.33. The molecule has 7 heterocycles. The van der Waals surface area contributed by atoms with Gasteiger partial charge in [-0.3, -0.25) is 14.3 Å². The van der Waals surface area contributed by atoms with Crippen molar-refractivity contribution in [3.63, 3.8) is 0 Å². The van der Waals surface area contributed by atoms with Gasteiger partial charge in [0.2, 0.25) is 5.95 Å². The van der Waals surface area contributed by atoms with Gasteiger partial charge in [0, 0.05) is 31.8 Å². The number of ether oxygens (including phenoxy) is 2. The summed E-state index contributed by atoms with van der Waals surface area (Å²) in [7, 11) is -2.90. The predicted molar refractivity (Wildman–Crippen MR) is 153 cm³/mol. The second kappa shape index (κ2) is 11.0. The van der Waals surface area contributed by atoms with Crippen LogP contribution >= 0.6 is 6.72 Å². The number of imidazole rings is 1. The lowest BCUT2D eigenvalue weighted by Crippen LogP contribution is -2.42. The van der Waals surface area contributed by atoms with E-state index in [0.717, 1.165) is 0 Å². The van der Waals surface area contributed by atoms with Crippen molar-refractivity contribution in [1.82, 2.24) is 38.8 Å². The smallest absolute Gasteiger partial charge is 0.336 e. The summed E-state index contributed by atoms with van der Waals surface area (Å²) in [6, 6.07) is 0. The summed E-state index contributed by atoms with van der Waals surface area (Å²) in [5.74, 6) is -0.0561. The molecule has 4 aromatic heterocycles. The van der Waals surface area contributed by atoms with Crippen LogP contribution in [0.1, 0.15) is 24.3 Å². The Balaban J connectivity index is 1.20. The van der Waals surface area contributed by atoms with E-state index in [1.165, 1.54) is 17.2 Å². The number of aromatic amines is 1. The summed E-state index contributed by atoms with van der Waals surface area (Å²) in [6.45, 7) is -5.41. The zero-order valence-electron chi connectivity index (χ0n) is 23.0. The molecule has 3 saturated heterocycles. The highest BCUT2D eigenvalue weighted by molar-refractivity contribution is 8.06. The third-order valence-electron chi connectivity index (χ3n) is 7.66. The minimum atomic E-state index is -4.57. The molecule has 0 spiro atoms. The van der Waals surface area contributed by atoms with Crippen molar-refractivity contribution >= 4 is 62.8 Å². The SMILES string of the molecule is Cn1cc([C@@H]2O[C@@H]3CNS(=O)(=O)O[C@@H]4C[C@@H](COP([O-])(=S)O[C@H]3[C@H]2F)O[C@H]4n2cnc3c(=O)[nH]c(N)nc32)c2ncnc(N)c21. The molecule has 4 aromatic rings. The van der Waals surface area contributed by atoms with Gasteiger partial charge >= 0.3 is 10.3 Å². The summed E-state index contributed by atoms with van der Waals surface area (Å²) < 4.78 is 75.9. The van der Waals surface area contributed by atoms with E-state index < -0.39 is 78.7 Å². The van der Waals surface area contributed by atoms with Crippen molar-refractivity contribution in [2.75, 3.05) is 24.6 Å². The number of H-pyrrole nitrogens is 1. The Morgan fingerprint density at radius 2 is 2.00 bits per heavy atom. The molecule has 0 amide bonds.